The number of unbranched alkanes of at least 4 members (excludes halogenated alkanes) is 20. The van der Waals surface area contributed by atoms with E-state index >= 15 is 0 Å². The Bertz CT molecular complexity index is 361. The first-order valence-electron chi connectivity index (χ1n) is 15.2. The molecule has 0 spiro atoms. The molecule has 0 aromatic heterocycles. The molecule has 1 heteroatoms. The van der Waals surface area contributed by atoms with Crippen molar-refractivity contribution in [1.82, 2.24) is 0 Å². The summed E-state index contributed by atoms with van der Waals surface area (Å²) in [6.45, 7) is 6.73. The van der Waals surface area contributed by atoms with Crippen molar-refractivity contribution >= 4 is 5.78 Å². The average Bonchev–Trinajstić information content (AvgIpc) is 2.79. The minimum Gasteiger partial charge on any atom is -0.300 e. The molecule has 0 aliphatic rings. The number of hydrogen-bond donors (Lipinski definition) is 0. The van der Waals surface area contributed by atoms with E-state index in [0.29, 0.717) is 5.78 Å². The molecule has 0 radical (unpaired) electrons. The van der Waals surface area contributed by atoms with E-state index in [4.69, 9.17) is 0 Å². The Morgan fingerprint density at radius 2 is 0.781 bits per heavy atom. The SMILES string of the molecule is CCCCCCCCCCCCCCCCCCCCCCC[C@H](C)CCC(=O)CCC. The molecular formula is C31H62O. The largest absolute Gasteiger partial charge is 0.300 e. The van der Waals surface area contributed by atoms with Gasteiger partial charge < -0.3 is 0 Å². The monoisotopic (exact) mass is 450 g/mol. The summed E-state index contributed by atoms with van der Waals surface area (Å²) < 4.78 is 0. The zero-order valence-corrected chi connectivity index (χ0v) is 22.9. The molecule has 32 heavy (non-hydrogen) atoms. The lowest BCUT2D eigenvalue weighted by molar-refractivity contribution is -0.119. The van der Waals surface area contributed by atoms with Crippen LogP contribution in [-0.2, 0) is 4.79 Å². The van der Waals surface area contributed by atoms with E-state index in [1.165, 1.54) is 141 Å². The fourth-order valence-corrected chi connectivity index (χ4v) is 4.88. The van der Waals surface area contributed by atoms with Crippen molar-refractivity contribution in [3.05, 3.63) is 0 Å². The van der Waals surface area contributed by atoms with Crippen molar-refractivity contribution < 1.29 is 4.79 Å². The Morgan fingerprint density at radius 3 is 1.12 bits per heavy atom. The van der Waals surface area contributed by atoms with Gasteiger partial charge in [-0.05, 0) is 18.8 Å². The Balaban J connectivity index is 3.12. The maximum absolute atomic E-state index is 11.6. The zero-order valence-electron chi connectivity index (χ0n) is 22.9. The Hall–Kier alpha value is -0.330. The van der Waals surface area contributed by atoms with Gasteiger partial charge in [0.1, 0.15) is 5.78 Å². The molecule has 0 aliphatic carbocycles. The van der Waals surface area contributed by atoms with Gasteiger partial charge in [0.05, 0.1) is 0 Å². The van der Waals surface area contributed by atoms with Crippen molar-refractivity contribution in [3.8, 4) is 0 Å². The van der Waals surface area contributed by atoms with Gasteiger partial charge in [-0.2, -0.15) is 0 Å². The van der Waals surface area contributed by atoms with Gasteiger partial charge >= 0.3 is 0 Å². The van der Waals surface area contributed by atoms with Gasteiger partial charge in [0.2, 0.25) is 0 Å². The number of carbonyl (C=O) groups is 1. The maximum Gasteiger partial charge on any atom is 0.132 e. The van der Waals surface area contributed by atoms with Crippen LogP contribution in [-0.4, -0.2) is 5.78 Å². The lowest BCUT2D eigenvalue weighted by atomic mass is 9.95. The third-order valence-electron chi connectivity index (χ3n) is 7.25. The average molecular weight is 451 g/mol. The van der Waals surface area contributed by atoms with Crippen LogP contribution in [0.25, 0.3) is 0 Å². The highest BCUT2D eigenvalue weighted by Crippen LogP contribution is 2.18. The van der Waals surface area contributed by atoms with Crippen molar-refractivity contribution in [1.29, 1.82) is 0 Å². The second-order valence-corrected chi connectivity index (χ2v) is 10.8. The van der Waals surface area contributed by atoms with Crippen molar-refractivity contribution in [2.24, 2.45) is 5.92 Å². The van der Waals surface area contributed by atoms with E-state index in [9.17, 15) is 4.79 Å². The Labute approximate surface area is 204 Å². The molecular weight excluding hydrogens is 388 g/mol. The molecule has 0 saturated carbocycles. The first-order valence-corrected chi connectivity index (χ1v) is 15.2. The number of Topliss-reactive ketones (excluding diaryl/α,β-unsaturated/α-hetero) is 1. The minimum atomic E-state index is 0.471. The van der Waals surface area contributed by atoms with E-state index in [1.54, 1.807) is 0 Å². The second-order valence-electron chi connectivity index (χ2n) is 10.8. The summed E-state index contributed by atoms with van der Waals surface area (Å²) in [5, 5.41) is 0. The lowest BCUT2D eigenvalue weighted by Crippen LogP contribution is -2.02. The highest BCUT2D eigenvalue weighted by atomic mass is 16.1. The van der Waals surface area contributed by atoms with Crippen LogP contribution in [0, 0.1) is 5.92 Å². The highest BCUT2D eigenvalue weighted by Gasteiger charge is 2.06. The van der Waals surface area contributed by atoms with Gasteiger partial charge in [0, 0.05) is 12.8 Å². The molecule has 0 fully saturated rings. The fourth-order valence-electron chi connectivity index (χ4n) is 4.88. The molecule has 0 bridgehead atoms. The van der Waals surface area contributed by atoms with Gasteiger partial charge in [0.25, 0.3) is 0 Å². The normalized spacial score (nSPS) is 12.3. The van der Waals surface area contributed by atoms with Gasteiger partial charge in [0.15, 0.2) is 0 Å². The summed E-state index contributed by atoms with van der Waals surface area (Å²) in [5.74, 6) is 1.20. The van der Waals surface area contributed by atoms with Crippen LogP contribution in [0.1, 0.15) is 188 Å². The predicted molar refractivity (Wildman–Crippen MR) is 146 cm³/mol. The van der Waals surface area contributed by atoms with Crippen LogP contribution < -0.4 is 0 Å². The first kappa shape index (κ1) is 31.7. The van der Waals surface area contributed by atoms with Gasteiger partial charge in [-0.25, -0.2) is 0 Å². The van der Waals surface area contributed by atoms with E-state index in [1.807, 2.05) is 0 Å². The second kappa shape index (κ2) is 26.9. The summed E-state index contributed by atoms with van der Waals surface area (Å²) in [7, 11) is 0. The smallest absolute Gasteiger partial charge is 0.132 e. The predicted octanol–water partition coefficient (Wildman–Crippen LogP) is 11.4. The molecule has 0 unspecified atom stereocenters. The summed E-state index contributed by atoms with van der Waals surface area (Å²) in [6.07, 6.45) is 35.5. The quantitative estimate of drug-likeness (QED) is 0.114. The lowest BCUT2D eigenvalue weighted by Gasteiger charge is -2.10. The number of ketones is 1. The van der Waals surface area contributed by atoms with E-state index < -0.39 is 0 Å². The standard InChI is InChI=1S/C31H62O/c1-4-6-7-8-9-10-11-12-13-14-15-16-17-18-19-20-21-22-23-24-25-27-30(3)28-29-31(32)26-5-2/h30H,4-29H2,1-3H3/t30-/m0/s1. The van der Waals surface area contributed by atoms with Gasteiger partial charge in [-0.1, -0.05) is 162 Å². The molecule has 0 rings (SSSR count). The van der Waals surface area contributed by atoms with Crippen LogP contribution in [0.2, 0.25) is 0 Å². The van der Waals surface area contributed by atoms with Crippen molar-refractivity contribution in [3.63, 3.8) is 0 Å². The molecule has 1 nitrogen and oxygen atoms in total. The number of carbonyl (C=O) groups excluding carboxylic acids is 1. The summed E-state index contributed by atoms with van der Waals surface area (Å²) in [5.41, 5.74) is 0. The molecule has 0 amide bonds. The van der Waals surface area contributed by atoms with Crippen molar-refractivity contribution in [2.45, 2.75) is 188 Å². The molecule has 0 heterocycles. The first-order chi connectivity index (χ1) is 15.7. The molecule has 0 N–H and O–H groups in total. The van der Waals surface area contributed by atoms with Crippen LogP contribution in [0.4, 0.5) is 0 Å². The number of hydrogen-bond acceptors (Lipinski definition) is 1. The summed E-state index contributed by atoms with van der Waals surface area (Å²) in [4.78, 5) is 11.6. The minimum absolute atomic E-state index is 0.471. The Morgan fingerprint density at radius 1 is 0.438 bits per heavy atom. The topological polar surface area (TPSA) is 17.1 Å². The zero-order chi connectivity index (χ0) is 23.5. The fraction of sp³-hybridized carbons (Fsp3) is 0.968. The summed E-state index contributed by atoms with van der Waals surface area (Å²) in [6, 6.07) is 0. The van der Waals surface area contributed by atoms with E-state index in [2.05, 4.69) is 20.8 Å². The van der Waals surface area contributed by atoms with Crippen LogP contribution in [0.5, 0.6) is 0 Å². The van der Waals surface area contributed by atoms with Gasteiger partial charge in [-0.3, -0.25) is 4.79 Å². The molecule has 0 aliphatic heterocycles. The third-order valence-corrected chi connectivity index (χ3v) is 7.25. The van der Waals surface area contributed by atoms with E-state index in [-0.39, 0.29) is 0 Å². The maximum atomic E-state index is 11.6. The summed E-state index contributed by atoms with van der Waals surface area (Å²) >= 11 is 0. The third kappa shape index (κ3) is 25.9. The molecule has 0 aromatic rings. The van der Waals surface area contributed by atoms with Gasteiger partial charge in [-0.15, -0.1) is 0 Å². The van der Waals surface area contributed by atoms with Crippen molar-refractivity contribution in [2.75, 3.05) is 0 Å². The van der Waals surface area contributed by atoms with Crippen LogP contribution in [0.3, 0.4) is 0 Å². The number of rotatable bonds is 27. The molecule has 0 aromatic carbocycles. The molecule has 1 atom stereocenters. The molecule has 0 saturated heterocycles. The van der Waals surface area contributed by atoms with Crippen LogP contribution in [0.15, 0.2) is 0 Å². The van der Waals surface area contributed by atoms with Crippen LogP contribution >= 0.6 is 0 Å². The Kier molecular flexibility index (Phi) is 26.6. The highest BCUT2D eigenvalue weighted by molar-refractivity contribution is 5.78. The van der Waals surface area contributed by atoms with E-state index in [0.717, 1.165) is 31.6 Å². The molecule has 192 valence electrons.